The van der Waals surface area contributed by atoms with E-state index in [1.165, 1.54) is 0 Å². The Morgan fingerprint density at radius 1 is 1.33 bits per heavy atom. The molecule has 2 aliphatic rings. The van der Waals surface area contributed by atoms with Crippen molar-refractivity contribution in [3.05, 3.63) is 22.2 Å². The van der Waals surface area contributed by atoms with Crippen molar-refractivity contribution in [3.8, 4) is 0 Å². The number of halogens is 1. The number of fused-ring (bicyclic) bond motifs is 1. The van der Waals surface area contributed by atoms with Crippen LogP contribution in [0.2, 0.25) is 5.28 Å². The van der Waals surface area contributed by atoms with Gasteiger partial charge in [0.2, 0.25) is 5.28 Å². The fourth-order valence-corrected chi connectivity index (χ4v) is 3.25. The Balaban J connectivity index is 1.83. The number of rotatable bonds is 2. The molecule has 21 heavy (non-hydrogen) atoms. The van der Waals surface area contributed by atoms with Gasteiger partial charge in [-0.2, -0.15) is 0 Å². The van der Waals surface area contributed by atoms with Crippen molar-refractivity contribution in [1.29, 1.82) is 0 Å². The molecule has 7 heteroatoms. The maximum atomic E-state index is 12.9. The van der Waals surface area contributed by atoms with Gasteiger partial charge in [-0.1, -0.05) is 0 Å². The van der Waals surface area contributed by atoms with E-state index in [0.29, 0.717) is 39.1 Å². The second-order valence-corrected chi connectivity index (χ2v) is 5.81. The number of amides is 1. The lowest BCUT2D eigenvalue weighted by Gasteiger charge is -2.37. The third-order valence-electron chi connectivity index (χ3n) is 4.33. The van der Waals surface area contributed by atoms with E-state index in [-0.39, 0.29) is 11.2 Å². The zero-order chi connectivity index (χ0) is 15.0. The van der Waals surface area contributed by atoms with Crippen LogP contribution in [-0.4, -0.2) is 46.7 Å². The molecule has 0 spiro atoms. The van der Waals surface area contributed by atoms with Gasteiger partial charge in [-0.15, -0.1) is 0 Å². The molecule has 0 bridgehead atoms. The largest absolute Gasteiger partial charge is 0.381 e. The molecule has 0 aromatic carbocycles. The third kappa shape index (κ3) is 2.52. The highest BCUT2D eigenvalue weighted by molar-refractivity contribution is 6.28. The highest BCUT2D eigenvalue weighted by atomic mass is 35.5. The highest BCUT2D eigenvalue weighted by Gasteiger charge is 2.44. The van der Waals surface area contributed by atoms with Crippen molar-refractivity contribution >= 4 is 17.5 Å². The van der Waals surface area contributed by atoms with Gasteiger partial charge in [-0.25, -0.2) is 9.97 Å². The number of carbonyl (C=O) groups is 1. The van der Waals surface area contributed by atoms with E-state index >= 15 is 0 Å². The molecular weight excluding hydrogens is 294 g/mol. The van der Waals surface area contributed by atoms with Gasteiger partial charge in [0.15, 0.2) is 5.60 Å². The first-order valence-electron chi connectivity index (χ1n) is 7.00. The van der Waals surface area contributed by atoms with Gasteiger partial charge >= 0.3 is 0 Å². The first-order valence-corrected chi connectivity index (χ1v) is 7.38. The normalized spacial score (nSPS) is 20.4. The summed E-state index contributed by atoms with van der Waals surface area (Å²) >= 11 is 5.89. The minimum absolute atomic E-state index is 0.00169. The Morgan fingerprint density at radius 2 is 2.05 bits per heavy atom. The van der Waals surface area contributed by atoms with Crippen molar-refractivity contribution in [1.82, 2.24) is 14.9 Å². The smallest absolute Gasteiger partial charge is 0.255 e. The lowest BCUT2D eigenvalue weighted by molar-refractivity contribution is -0.167. The monoisotopic (exact) mass is 311 g/mol. The number of methoxy groups -OCH3 is 1. The van der Waals surface area contributed by atoms with Gasteiger partial charge < -0.3 is 14.4 Å². The minimum Gasteiger partial charge on any atom is -0.381 e. The van der Waals surface area contributed by atoms with Crippen LogP contribution in [0.3, 0.4) is 0 Å². The lowest BCUT2D eigenvalue weighted by Crippen LogP contribution is -2.51. The van der Waals surface area contributed by atoms with Gasteiger partial charge in [-0.3, -0.25) is 4.79 Å². The number of ether oxygens (including phenoxy) is 2. The maximum absolute atomic E-state index is 12.9. The van der Waals surface area contributed by atoms with E-state index < -0.39 is 5.60 Å². The molecule has 0 aliphatic carbocycles. The SMILES string of the molecule is COC1(C(=O)N2Cc3nc(Cl)nc(C)c3C2)CCOCC1. The van der Waals surface area contributed by atoms with Gasteiger partial charge in [0.1, 0.15) is 0 Å². The molecule has 1 fully saturated rings. The standard InChI is InChI=1S/C14H18ClN3O3/c1-9-10-7-18(8-11(10)17-13(15)16-9)12(19)14(20-2)3-5-21-6-4-14/h3-8H2,1-2H3. The first-order chi connectivity index (χ1) is 10.1. The van der Waals surface area contributed by atoms with Crippen LogP contribution < -0.4 is 0 Å². The van der Waals surface area contributed by atoms with E-state index in [0.717, 1.165) is 17.0 Å². The maximum Gasteiger partial charge on any atom is 0.255 e. The Kier molecular flexibility index (Phi) is 3.86. The summed E-state index contributed by atoms with van der Waals surface area (Å²) in [7, 11) is 1.59. The van der Waals surface area contributed by atoms with Gasteiger partial charge in [0.25, 0.3) is 5.91 Å². The summed E-state index contributed by atoms with van der Waals surface area (Å²) in [4.78, 5) is 23.0. The summed E-state index contributed by atoms with van der Waals surface area (Å²) in [6.07, 6.45) is 1.17. The zero-order valence-electron chi connectivity index (χ0n) is 12.2. The van der Waals surface area contributed by atoms with Crippen molar-refractivity contribution < 1.29 is 14.3 Å². The molecular formula is C14H18ClN3O3. The molecule has 114 valence electrons. The fourth-order valence-electron chi connectivity index (χ4n) is 3.02. The molecule has 6 nitrogen and oxygen atoms in total. The predicted molar refractivity (Wildman–Crippen MR) is 75.8 cm³/mol. The topological polar surface area (TPSA) is 64.5 Å². The Labute approximate surface area is 128 Å². The number of nitrogens with zero attached hydrogens (tertiary/aromatic N) is 3. The van der Waals surface area contributed by atoms with E-state index in [4.69, 9.17) is 21.1 Å². The second kappa shape index (κ2) is 5.51. The predicted octanol–water partition coefficient (Wildman–Crippen LogP) is 1.48. The van der Waals surface area contributed by atoms with Crippen molar-refractivity contribution in [2.24, 2.45) is 0 Å². The number of aromatic nitrogens is 2. The van der Waals surface area contributed by atoms with E-state index in [9.17, 15) is 4.79 Å². The molecule has 3 rings (SSSR count). The van der Waals surface area contributed by atoms with Crippen molar-refractivity contribution in [3.63, 3.8) is 0 Å². The van der Waals surface area contributed by atoms with Gasteiger partial charge in [0.05, 0.1) is 12.2 Å². The molecule has 0 saturated carbocycles. The molecule has 0 atom stereocenters. The molecule has 2 aliphatic heterocycles. The molecule has 0 unspecified atom stereocenters. The van der Waals surface area contributed by atoms with E-state index in [1.807, 2.05) is 6.92 Å². The summed E-state index contributed by atoms with van der Waals surface area (Å²) in [5, 5.41) is 0.230. The van der Waals surface area contributed by atoms with Crippen LogP contribution in [0.15, 0.2) is 0 Å². The van der Waals surface area contributed by atoms with E-state index in [1.54, 1.807) is 12.0 Å². The number of hydrogen-bond acceptors (Lipinski definition) is 5. The lowest BCUT2D eigenvalue weighted by atomic mass is 9.92. The number of carbonyl (C=O) groups excluding carboxylic acids is 1. The second-order valence-electron chi connectivity index (χ2n) is 5.48. The van der Waals surface area contributed by atoms with Crippen molar-refractivity contribution in [2.75, 3.05) is 20.3 Å². The molecule has 0 radical (unpaired) electrons. The molecule has 3 heterocycles. The number of hydrogen-bond donors (Lipinski definition) is 0. The molecule has 1 amide bonds. The van der Waals surface area contributed by atoms with Crippen LogP contribution in [0.5, 0.6) is 0 Å². The van der Waals surface area contributed by atoms with Gasteiger partial charge in [0, 0.05) is 51.0 Å². The molecule has 1 aromatic rings. The van der Waals surface area contributed by atoms with Crippen LogP contribution in [0.25, 0.3) is 0 Å². The number of aryl methyl sites for hydroxylation is 1. The Hall–Kier alpha value is -1.24. The quantitative estimate of drug-likeness (QED) is 0.774. The van der Waals surface area contributed by atoms with Crippen LogP contribution in [-0.2, 0) is 27.4 Å². The summed E-state index contributed by atoms with van der Waals surface area (Å²) in [5.41, 5.74) is 1.88. The average molecular weight is 312 g/mol. The molecule has 1 saturated heterocycles. The van der Waals surface area contributed by atoms with Gasteiger partial charge in [-0.05, 0) is 18.5 Å². The summed E-state index contributed by atoms with van der Waals surface area (Å²) in [5.74, 6) is 0.00169. The third-order valence-corrected chi connectivity index (χ3v) is 4.50. The van der Waals surface area contributed by atoms with Crippen LogP contribution in [0, 0.1) is 6.92 Å². The molecule has 0 N–H and O–H groups in total. The average Bonchev–Trinajstić information content (AvgIpc) is 2.91. The fraction of sp³-hybridized carbons (Fsp3) is 0.643. The molecule has 1 aromatic heterocycles. The van der Waals surface area contributed by atoms with Crippen LogP contribution in [0.4, 0.5) is 0 Å². The van der Waals surface area contributed by atoms with Crippen molar-refractivity contribution in [2.45, 2.75) is 38.5 Å². The highest BCUT2D eigenvalue weighted by Crippen LogP contribution is 2.32. The van der Waals surface area contributed by atoms with Crippen LogP contribution in [0.1, 0.15) is 29.8 Å². The Bertz CT molecular complexity index is 573. The summed E-state index contributed by atoms with van der Waals surface area (Å²) in [6.45, 7) is 3.96. The summed E-state index contributed by atoms with van der Waals surface area (Å²) in [6, 6.07) is 0. The van der Waals surface area contributed by atoms with E-state index in [2.05, 4.69) is 9.97 Å². The minimum atomic E-state index is -0.772. The zero-order valence-corrected chi connectivity index (χ0v) is 12.9. The summed E-state index contributed by atoms with van der Waals surface area (Å²) < 4.78 is 10.9. The van der Waals surface area contributed by atoms with Crippen LogP contribution >= 0.6 is 11.6 Å². The first kappa shape index (κ1) is 14.7. The Morgan fingerprint density at radius 3 is 2.71 bits per heavy atom.